The van der Waals surface area contributed by atoms with Crippen LogP contribution in [0.4, 0.5) is 0 Å². The maximum absolute atomic E-state index is 12.4. The highest BCUT2D eigenvalue weighted by atomic mass is 16.5. The van der Waals surface area contributed by atoms with Crippen molar-refractivity contribution in [3.05, 3.63) is 24.4 Å². The molecular weight excluding hydrogens is 322 g/mol. The van der Waals surface area contributed by atoms with Crippen molar-refractivity contribution < 1.29 is 9.32 Å². The van der Waals surface area contributed by atoms with E-state index in [9.17, 15) is 4.79 Å². The Morgan fingerprint density at radius 3 is 2.72 bits per heavy atom. The van der Waals surface area contributed by atoms with E-state index in [0.29, 0.717) is 25.4 Å². The summed E-state index contributed by atoms with van der Waals surface area (Å²) in [7, 11) is 0. The van der Waals surface area contributed by atoms with Crippen molar-refractivity contribution in [1.29, 1.82) is 0 Å². The van der Waals surface area contributed by atoms with Gasteiger partial charge in [0.15, 0.2) is 5.82 Å². The lowest BCUT2D eigenvalue weighted by atomic mass is 10.2. The molecule has 0 bridgehead atoms. The Bertz CT molecular complexity index is 668. The van der Waals surface area contributed by atoms with Gasteiger partial charge in [-0.25, -0.2) is 0 Å². The van der Waals surface area contributed by atoms with Gasteiger partial charge in [0.25, 0.3) is 0 Å². The number of carbonyl (C=O) groups excluding carboxylic acids is 1. The molecule has 1 amide bonds. The highest BCUT2D eigenvalue weighted by Crippen LogP contribution is 2.13. The molecule has 0 spiro atoms. The lowest BCUT2D eigenvalue weighted by Gasteiger charge is -2.21. The minimum absolute atomic E-state index is 0.178. The third-order valence-electron chi connectivity index (χ3n) is 4.33. The number of nitrogens with zero attached hydrogens (tertiary/aromatic N) is 7. The molecule has 0 N–H and O–H groups in total. The number of hydrogen-bond donors (Lipinski definition) is 0. The Hall–Kier alpha value is -2.29. The van der Waals surface area contributed by atoms with Gasteiger partial charge >= 0.3 is 0 Å². The lowest BCUT2D eigenvalue weighted by Crippen LogP contribution is -2.35. The van der Waals surface area contributed by atoms with Gasteiger partial charge in [-0.2, -0.15) is 4.98 Å². The monoisotopic (exact) mass is 347 g/mol. The topological polar surface area (TPSA) is 93.2 Å². The quantitative estimate of drug-likeness (QED) is 0.766. The first-order valence-electron chi connectivity index (χ1n) is 8.77. The molecule has 0 aliphatic carbocycles. The molecule has 136 valence electrons. The van der Waals surface area contributed by atoms with Crippen LogP contribution in [0.15, 0.2) is 17.2 Å². The molecule has 1 aliphatic rings. The average molecular weight is 347 g/mol. The maximum atomic E-state index is 12.4. The van der Waals surface area contributed by atoms with Crippen LogP contribution >= 0.6 is 0 Å². The molecule has 3 heterocycles. The molecule has 3 rings (SSSR count). The van der Waals surface area contributed by atoms with E-state index in [1.165, 1.54) is 0 Å². The van der Waals surface area contributed by atoms with Gasteiger partial charge in [-0.05, 0) is 6.42 Å². The summed E-state index contributed by atoms with van der Waals surface area (Å²) < 4.78 is 7.08. The van der Waals surface area contributed by atoms with E-state index in [-0.39, 0.29) is 11.8 Å². The molecule has 0 unspecified atom stereocenters. The standard InChI is InChI=1S/C16H25N7O2/c1-13(2)16-19-14(20-25-16)10-21-5-3-6-23(9-8-21)15(24)4-7-22-11-17-18-12-22/h11-13H,3-10H2,1-2H3. The van der Waals surface area contributed by atoms with Crippen LogP contribution in [0.1, 0.15) is 44.3 Å². The van der Waals surface area contributed by atoms with Crippen LogP contribution in [0.25, 0.3) is 0 Å². The molecule has 9 heteroatoms. The first kappa shape index (κ1) is 17.5. The second-order valence-electron chi connectivity index (χ2n) is 6.66. The SMILES string of the molecule is CC(C)c1nc(CN2CCCN(C(=O)CCn3cnnc3)CC2)no1. The van der Waals surface area contributed by atoms with Gasteiger partial charge in [0, 0.05) is 45.1 Å². The van der Waals surface area contributed by atoms with E-state index < -0.39 is 0 Å². The van der Waals surface area contributed by atoms with Crippen LogP contribution in [-0.2, 0) is 17.9 Å². The number of aromatic nitrogens is 5. The van der Waals surface area contributed by atoms with Crippen LogP contribution in [0.2, 0.25) is 0 Å². The number of hydrogen-bond acceptors (Lipinski definition) is 7. The molecule has 0 saturated carbocycles. The minimum Gasteiger partial charge on any atom is -0.341 e. The summed E-state index contributed by atoms with van der Waals surface area (Å²) in [5, 5.41) is 11.6. The van der Waals surface area contributed by atoms with Crippen molar-refractivity contribution in [3.63, 3.8) is 0 Å². The van der Waals surface area contributed by atoms with Gasteiger partial charge in [0.05, 0.1) is 6.54 Å². The second kappa shape index (κ2) is 8.19. The van der Waals surface area contributed by atoms with Crippen LogP contribution < -0.4 is 0 Å². The highest BCUT2D eigenvalue weighted by molar-refractivity contribution is 5.76. The summed E-state index contributed by atoms with van der Waals surface area (Å²) in [5.41, 5.74) is 0. The smallest absolute Gasteiger partial charge is 0.229 e. The van der Waals surface area contributed by atoms with Gasteiger partial charge in [-0.3, -0.25) is 9.69 Å². The molecule has 2 aromatic rings. The Kier molecular flexibility index (Phi) is 5.75. The van der Waals surface area contributed by atoms with Crippen molar-refractivity contribution in [1.82, 2.24) is 34.7 Å². The minimum atomic E-state index is 0.178. The molecule has 1 aliphatic heterocycles. The fourth-order valence-electron chi connectivity index (χ4n) is 2.87. The Morgan fingerprint density at radius 1 is 1.20 bits per heavy atom. The molecule has 0 aromatic carbocycles. The van der Waals surface area contributed by atoms with Crippen molar-refractivity contribution in [2.75, 3.05) is 26.2 Å². The lowest BCUT2D eigenvalue weighted by molar-refractivity contribution is -0.131. The fourth-order valence-corrected chi connectivity index (χ4v) is 2.87. The summed E-state index contributed by atoms with van der Waals surface area (Å²) in [4.78, 5) is 21.1. The van der Waals surface area contributed by atoms with Crippen LogP contribution in [0.3, 0.4) is 0 Å². The number of aryl methyl sites for hydroxylation is 1. The molecule has 2 aromatic heterocycles. The first-order valence-corrected chi connectivity index (χ1v) is 8.77. The summed E-state index contributed by atoms with van der Waals surface area (Å²) in [6, 6.07) is 0. The molecule has 0 radical (unpaired) electrons. The Labute approximate surface area is 147 Å². The van der Waals surface area contributed by atoms with E-state index in [2.05, 4.69) is 25.2 Å². The Balaban J connectivity index is 1.47. The normalized spacial score (nSPS) is 16.4. The molecule has 1 fully saturated rings. The van der Waals surface area contributed by atoms with E-state index in [1.54, 1.807) is 12.7 Å². The summed E-state index contributed by atoms with van der Waals surface area (Å²) in [5.74, 6) is 1.81. The highest BCUT2D eigenvalue weighted by Gasteiger charge is 2.20. The van der Waals surface area contributed by atoms with E-state index in [0.717, 1.165) is 38.4 Å². The van der Waals surface area contributed by atoms with Crippen LogP contribution in [0, 0.1) is 0 Å². The summed E-state index contributed by atoms with van der Waals surface area (Å²) >= 11 is 0. The van der Waals surface area contributed by atoms with Gasteiger partial charge in [-0.1, -0.05) is 19.0 Å². The van der Waals surface area contributed by atoms with Crippen molar-refractivity contribution >= 4 is 5.91 Å². The second-order valence-corrected chi connectivity index (χ2v) is 6.66. The fraction of sp³-hybridized carbons (Fsp3) is 0.688. The number of rotatable bonds is 6. The predicted octanol–water partition coefficient (Wildman–Crippen LogP) is 0.909. The first-order chi connectivity index (χ1) is 12.1. The maximum Gasteiger partial charge on any atom is 0.229 e. The third kappa shape index (κ3) is 4.85. The number of carbonyl (C=O) groups is 1. The molecule has 0 atom stereocenters. The zero-order valence-electron chi connectivity index (χ0n) is 14.8. The van der Waals surface area contributed by atoms with Gasteiger partial charge in [0.2, 0.25) is 11.8 Å². The molecule has 25 heavy (non-hydrogen) atoms. The zero-order chi connectivity index (χ0) is 17.6. The van der Waals surface area contributed by atoms with Crippen molar-refractivity contribution in [2.45, 2.75) is 45.7 Å². The van der Waals surface area contributed by atoms with Crippen molar-refractivity contribution in [3.8, 4) is 0 Å². The van der Waals surface area contributed by atoms with E-state index in [4.69, 9.17) is 4.52 Å². The van der Waals surface area contributed by atoms with E-state index >= 15 is 0 Å². The largest absolute Gasteiger partial charge is 0.341 e. The van der Waals surface area contributed by atoms with Gasteiger partial charge < -0.3 is 14.0 Å². The van der Waals surface area contributed by atoms with Crippen LogP contribution in [-0.4, -0.2) is 66.8 Å². The predicted molar refractivity (Wildman–Crippen MR) is 89.5 cm³/mol. The van der Waals surface area contributed by atoms with E-state index in [1.807, 2.05) is 23.3 Å². The average Bonchev–Trinajstić information content (AvgIpc) is 3.22. The van der Waals surface area contributed by atoms with Gasteiger partial charge in [0.1, 0.15) is 12.7 Å². The molecule has 1 saturated heterocycles. The number of amides is 1. The summed E-state index contributed by atoms with van der Waals surface area (Å²) in [6.45, 7) is 8.63. The Morgan fingerprint density at radius 2 is 2.00 bits per heavy atom. The summed E-state index contributed by atoms with van der Waals surface area (Å²) in [6.07, 6.45) is 4.69. The van der Waals surface area contributed by atoms with Crippen molar-refractivity contribution in [2.24, 2.45) is 0 Å². The zero-order valence-corrected chi connectivity index (χ0v) is 14.8. The van der Waals surface area contributed by atoms with Gasteiger partial charge in [-0.15, -0.1) is 10.2 Å². The molecule has 9 nitrogen and oxygen atoms in total. The third-order valence-corrected chi connectivity index (χ3v) is 4.33. The molecular formula is C16H25N7O2. The van der Waals surface area contributed by atoms with Crippen LogP contribution in [0.5, 0.6) is 0 Å².